The number of halogens is 2. The fraction of sp³-hybridized carbons (Fsp3) is 0.533. The van der Waals surface area contributed by atoms with Crippen LogP contribution in [0.15, 0.2) is 16.6 Å². The van der Waals surface area contributed by atoms with E-state index < -0.39 is 17.7 Å². The van der Waals surface area contributed by atoms with Gasteiger partial charge in [0, 0.05) is 4.47 Å². The van der Waals surface area contributed by atoms with E-state index >= 15 is 0 Å². The average molecular weight is 344 g/mol. The van der Waals surface area contributed by atoms with Crippen molar-refractivity contribution < 1.29 is 14.3 Å². The molecule has 1 aromatic carbocycles. The van der Waals surface area contributed by atoms with Crippen LogP contribution in [0.1, 0.15) is 50.5 Å². The summed E-state index contributed by atoms with van der Waals surface area (Å²) in [6.07, 6.45) is 4.81. The number of carboxylic acids is 1. The molecule has 0 aliphatic heterocycles. The molecule has 0 radical (unpaired) electrons. The number of nitrogens with two attached hydrogens (primary N) is 1. The lowest BCUT2D eigenvalue weighted by Gasteiger charge is -2.39. The number of hydrogen-bond acceptors (Lipinski definition) is 2. The summed E-state index contributed by atoms with van der Waals surface area (Å²) < 4.78 is 14.1. The molecule has 2 rings (SSSR count). The van der Waals surface area contributed by atoms with Crippen molar-refractivity contribution in [2.24, 2.45) is 5.41 Å². The Morgan fingerprint density at radius 2 is 2.00 bits per heavy atom. The Morgan fingerprint density at radius 1 is 1.40 bits per heavy atom. The van der Waals surface area contributed by atoms with Crippen molar-refractivity contribution in [2.45, 2.75) is 44.9 Å². The van der Waals surface area contributed by atoms with Gasteiger partial charge in [0.05, 0.1) is 11.6 Å². The second kappa shape index (κ2) is 5.72. The van der Waals surface area contributed by atoms with Crippen LogP contribution in [0.3, 0.4) is 0 Å². The Balaban J connectivity index is 2.51. The molecule has 0 bridgehead atoms. The molecule has 3 nitrogen and oxygen atoms in total. The Bertz CT molecular complexity index is 527. The zero-order chi connectivity index (χ0) is 14.9. The summed E-state index contributed by atoms with van der Waals surface area (Å²) in [4.78, 5) is 11.8. The van der Waals surface area contributed by atoms with Crippen LogP contribution in [0.2, 0.25) is 0 Å². The van der Waals surface area contributed by atoms with Crippen molar-refractivity contribution in [3.05, 3.63) is 28.0 Å². The lowest BCUT2D eigenvalue weighted by Crippen LogP contribution is -2.34. The highest BCUT2D eigenvalue weighted by Gasteiger charge is 2.42. The highest BCUT2D eigenvalue weighted by Crippen LogP contribution is 2.49. The maximum Gasteiger partial charge on any atom is 0.311 e. The van der Waals surface area contributed by atoms with Gasteiger partial charge in [-0.25, -0.2) is 4.39 Å². The molecule has 1 fully saturated rings. The summed E-state index contributed by atoms with van der Waals surface area (Å²) in [5.41, 5.74) is 6.32. The summed E-state index contributed by atoms with van der Waals surface area (Å²) in [6, 6.07) is 2.53. The first-order valence-electron chi connectivity index (χ1n) is 6.82. The predicted octanol–water partition coefficient (Wildman–Crippen LogP) is 4.31. The summed E-state index contributed by atoms with van der Waals surface area (Å²) in [5.74, 6) is -2.17. The summed E-state index contributed by atoms with van der Waals surface area (Å²) in [7, 11) is 0. The Hall–Kier alpha value is -1.10. The van der Waals surface area contributed by atoms with Gasteiger partial charge in [0.15, 0.2) is 0 Å². The molecule has 1 saturated carbocycles. The van der Waals surface area contributed by atoms with Gasteiger partial charge in [-0.1, -0.05) is 26.2 Å². The minimum Gasteiger partial charge on any atom is -0.481 e. The molecule has 0 aromatic heterocycles. The molecular weight excluding hydrogens is 325 g/mol. The Kier molecular flexibility index (Phi) is 4.37. The standard InChI is InChI=1S/C15H19BrFNO2/c1-15(5-3-2-4-6-15)12(14(19)20)10-7-9(17)8-11(16)13(10)18/h7-8,12H,2-6,18H2,1H3,(H,19,20). The number of carbonyl (C=O) groups is 1. The van der Waals surface area contributed by atoms with Gasteiger partial charge in [0.1, 0.15) is 5.82 Å². The van der Waals surface area contributed by atoms with Crippen LogP contribution < -0.4 is 5.73 Å². The number of benzene rings is 1. The van der Waals surface area contributed by atoms with E-state index in [-0.39, 0.29) is 5.41 Å². The fourth-order valence-corrected chi connectivity index (χ4v) is 3.75. The van der Waals surface area contributed by atoms with E-state index in [1.807, 2.05) is 6.92 Å². The van der Waals surface area contributed by atoms with Gasteiger partial charge in [-0.05, 0) is 51.9 Å². The van der Waals surface area contributed by atoms with Crippen molar-refractivity contribution in [1.82, 2.24) is 0 Å². The van der Waals surface area contributed by atoms with E-state index in [4.69, 9.17) is 5.73 Å². The number of nitrogen functional groups attached to an aromatic ring is 1. The molecule has 3 N–H and O–H groups in total. The third-order valence-corrected chi connectivity index (χ3v) is 5.03. The van der Waals surface area contributed by atoms with Gasteiger partial charge in [-0.2, -0.15) is 0 Å². The molecule has 5 heteroatoms. The quantitative estimate of drug-likeness (QED) is 0.803. The maximum absolute atomic E-state index is 13.6. The topological polar surface area (TPSA) is 63.3 Å². The van der Waals surface area contributed by atoms with Gasteiger partial charge >= 0.3 is 5.97 Å². The van der Waals surface area contributed by atoms with Crippen LogP contribution >= 0.6 is 15.9 Å². The van der Waals surface area contributed by atoms with Gasteiger partial charge in [0.25, 0.3) is 0 Å². The number of anilines is 1. The molecule has 1 unspecified atom stereocenters. The minimum atomic E-state index is -0.932. The van der Waals surface area contributed by atoms with Crippen LogP contribution in [0.25, 0.3) is 0 Å². The summed E-state index contributed by atoms with van der Waals surface area (Å²) in [6.45, 7) is 1.98. The number of aliphatic carboxylic acids is 1. The summed E-state index contributed by atoms with van der Waals surface area (Å²) >= 11 is 3.20. The second-order valence-electron chi connectivity index (χ2n) is 5.88. The number of rotatable bonds is 3. The highest BCUT2D eigenvalue weighted by atomic mass is 79.9. The smallest absolute Gasteiger partial charge is 0.311 e. The van der Waals surface area contributed by atoms with Crippen molar-refractivity contribution >= 4 is 27.6 Å². The zero-order valence-corrected chi connectivity index (χ0v) is 13.0. The van der Waals surface area contributed by atoms with E-state index in [0.29, 0.717) is 15.7 Å². The van der Waals surface area contributed by atoms with Crippen LogP contribution in [0, 0.1) is 11.2 Å². The zero-order valence-electron chi connectivity index (χ0n) is 11.5. The van der Waals surface area contributed by atoms with Gasteiger partial charge in [-0.15, -0.1) is 0 Å². The van der Waals surface area contributed by atoms with Crippen LogP contribution in [-0.4, -0.2) is 11.1 Å². The lowest BCUT2D eigenvalue weighted by molar-refractivity contribution is -0.142. The van der Waals surface area contributed by atoms with Crippen LogP contribution in [-0.2, 0) is 4.79 Å². The van der Waals surface area contributed by atoms with E-state index in [0.717, 1.165) is 32.1 Å². The molecule has 1 aliphatic carbocycles. The molecule has 1 aliphatic rings. The third kappa shape index (κ3) is 2.82. The van der Waals surface area contributed by atoms with E-state index in [1.165, 1.54) is 12.1 Å². The molecule has 1 aromatic rings. The van der Waals surface area contributed by atoms with Gasteiger partial charge in [-0.3, -0.25) is 4.79 Å². The molecule has 110 valence electrons. The second-order valence-corrected chi connectivity index (χ2v) is 6.73. The van der Waals surface area contributed by atoms with Crippen molar-refractivity contribution in [1.29, 1.82) is 0 Å². The largest absolute Gasteiger partial charge is 0.481 e. The van der Waals surface area contributed by atoms with E-state index in [9.17, 15) is 14.3 Å². The van der Waals surface area contributed by atoms with Crippen molar-refractivity contribution in [3.63, 3.8) is 0 Å². The number of carboxylic acid groups (broad SMARTS) is 1. The molecule has 20 heavy (non-hydrogen) atoms. The van der Waals surface area contributed by atoms with Crippen molar-refractivity contribution in [2.75, 3.05) is 5.73 Å². The SMILES string of the molecule is CC1(C(C(=O)O)c2cc(F)cc(Br)c2N)CCCCC1. The van der Waals surface area contributed by atoms with Crippen molar-refractivity contribution in [3.8, 4) is 0 Å². The molecule has 0 heterocycles. The molecule has 0 saturated heterocycles. The maximum atomic E-state index is 13.6. The van der Waals surface area contributed by atoms with Gasteiger partial charge < -0.3 is 10.8 Å². The monoisotopic (exact) mass is 343 g/mol. The van der Waals surface area contributed by atoms with Crippen LogP contribution in [0.5, 0.6) is 0 Å². The summed E-state index contributed by atoms with van der Waals surface area (Å²) in [5, 5.41) is 9.66. The first-order chi connectivity index (χ1) is 9.35. The van der Waals surface area contributed by atoms with E-state index in [2.05, 4.69) is 15.9 Å². The van der Waals surface area contributed by atoms with Crippen LogP contribution in [0.4, 0.5) is 10.1 Å². The normalized spacial score (nSPS) is 19.6. The highest BCUT2D eigenvalue weighted by molar-refractivity contribution is 9.10. The first kappa shape index (κ1) is 15.3. The number of hydrogen-bond donors (Lipinski definition) is 2. The van der Waals surface area contributed by atoms with Gasteiger partial charge in [0.2, 0.25) is 0 Å². The third-order valence-electron chi connectivity index (χ3n) is 4.38. The molecular formula is C15H19BrFNO2. The molecule has 0 amide bonds. The predicted molar refractivity (Wildman–Crippen MR) is 80.1 cm³/mol. The fourth-order valence-electron chi connectivity index (χ4n) is 3.30. The van der Waals surface area contributed by atoms with E-state index in [1.54, 1.807) is 0 Å². The average Bonchev–Trinajstić information content (AvgIpc) is 2.35. The Labute approximate surface area is 126 Å². The minimum absolute atomic E-state index is 0.325. The first-order valence-corrected chi connectivity index (χ1v) is 7.62. The lowest BCUT2D eigenvalue weighted by atomic mass is 9.65. The molecule has 1 atom stereocenters. The Morgan fingerprint density at radius 3 is 2.55 bits per heavy atom. The molecule has 0 spiro atoms.